The summed E-state index contributed by atoms with van der Waals surface area (Å²) < 4.78 is 5.48. The number of aromatic nitrogens is 2. The quantitative estimate of drug-likeness (QED) is 0.661. The summed E-state index contributed by atoms with van der Waals surface area (Å²) in [4.78, 5) is 38.7. The van der Waals surface area contributed by atoms with E-state index in [0.717, 1.165) is 56.6 Å². The maximum Gasteiger partial charge on any atom is 0.257 e. The highest BCUT2D eigenvalue weighted by Crippen LogP contribution is 2.31. The second-order valence-electron chi connectivity index (χ2n) is 8.55. The first-order valence-corrected chi connectivity index (χ1v) is 11.7. The monoisotopic (exact) mass is 436 g/mol. The lowest BCUT2D eigenvalue weighted by molar-refractivity contribution is -0.132. The summed E-state index contributed by atoms with van der Waals surface area (Å²) in [6.07, 6.45) is 6.70. The summed E-state index contributed by atoms with van der Waals surface area (Å²) in [7, 11) is 0. The minimum absolute atomic E-state index is 0.0151. The van der Waals surface area contributed by atoms with E-state index < -0.39 is 0 Å². The Hall–Kier alpha value is -2.96. The van der Waals surface area contributed by atoms with E-state index in [1.54, 1.807) is 6.20 Å². The van der Waals surface area contributed by atoms with Gasteiger partial charge in [-0.1, -0.05) is 12.1 Å². The van der Waals surface area contributed by atoms with Crippen LogP contribution in [0.4, 0.5) is 0 Å². The normalized spacial score (nSPS) is 18.2. The molecule has 2 aromatic rings. The Morgan fingerprint density at radius 1 is 1.09 bits per heavy atom. The summed E-state index contributed by atoms with van der Waals surface area (Å²) >= 11 is 0. The van der Waals surface area contributed by atoms with E-state index in [1.165, 1.54) is 0 Å². The molecule has 0 spiro atoms. The van der Waals surface area contributed by atoms with Crippen LogP contribution in [-0.4, -0.2) is 57.8 Å². The Kier molecular flexibility index (Phi) is 7.02. The van der Waals surface area contributed by atoms with Crippen LogP contribution in [0.3, 0.4) is 0 Å². The first kappa shape index (κ1) is 22.2. The minimum atomic E-state index is -0.113. The summed E-state index contributed by atoms with van der Waals surface area (Å²) in [5.41, 5.74) is 2.39. The predicted molar refractivity (Wildman–Crippen MR) is 122 cm³/mol. The van der Waals surface area contributed by atoms with Gasteiger partial charge in [0.1, 0.15) is 5.75 Å². The summed E-state index contributed by atoms with van der Waals surface area (Å²) in [5, 5.41) is 0. The Balaban J connectivity index is 1.39. The molecule has 3 heterocycles. The van der Waals surface area contributed by atoms with Crippen molar-refractivity contribution in [3.05, 3.63) is 53.1 Å². The molecule has 2 aliphatic rings. The third kappa shape index (κ3) is 4.92. The van der Waals surface area contributed by atoms with Crippen molar-refractivity contribution in [2.45, 2.75) is 58.4 Å². The molecule has 2 amide bonds. The van der Waals surface area contributed by atoms with E-state index >= 15 is 0 Å². The number of carbonyl (C=O) groups is 2. The lowest BCUT2D eigenvalue weighted by atomic mass is 10.1. The van der Waals surface area contributed by atoms with Crippen molar-refractivity contribution in [3.8, 4) is 5.75 Å². The molecule has 7 heteroatoms. The fraction of sp³-hybridized carbons (Fsp3) is 0.520. The van der Waals surface area contributed by atoms with Crippen LogP contribution in [0.15, 0.2) is 30.5 Å². The Labute approximate surface area is 189 Å². The van der Waals surface area contributed by atoms with Crippen molar-refractivity contribution in [1.29, 1.82) is 0 Å². The molecule has 2 fully saturated rings. The van der Waals surface area contributed by atoms with Crippen LogP contribution < -0.4 is 4.74 Å². The van der Waals surface area contributed by atoms with Crippen LogP contribution >= 0.6 is 0 Å². The second kappa shape index (κ2) is 10.1. The molecule has 32 heavy (non-hydrogen) atoms. The second-order valence-corrected chi connectivity index (χ2v) is 8.55. The third-order valence-electron chi connectivity index (χ3n) is 6.35. The van der Waals surface area contributed by atoms with Crippen LogP contribution in [-0.2, 0) is 11.2 Å². The van der Waals surface area contributed by atoms with E-state index in [2.05, 4.69) is 9.97 Å². The Morgan fingerprint density at radius 2 is 1.84 bits per heavy atom. The molecule has 0 aliphatic carbocycles. The number of hydrogen-bond acceptors (Lipinski definition) is 5. The number of ether oxygens (including phenoxy) is 1. The molecule has 0 bridgehead atoms. The van der Waals surface area contributed by atoms with Crippen molar-refractivity contribution < 1.29 is 14.3 Å². The summed E-state index contributed by atoms with van der Waals surface area (Å²) in [6.45, 7) is 6.80. The van der Waals surface area contributed by atoms with Gasteiger partial charge in [-0.2, -0.15) is 0 Å². The SMILES string of the molecule is CCOc1ccc(CCC(=O)N2CCCC2c2ncc(C(=O)N3CCCC3)c(C)n2)cc1. The van der Waals surface area contributed by atoms with Gasteiger partial charge < -0.3 is 14.5 Å². The van der Waals surface area contributed by atoms with Gasteiger partial charge in [-0.05, 0) is 63.6 Å². The van der Waals surface area contributed by atoms with Crippen LogP contribution in [0.1, 0.15) is 72.5 Å². The number of likely N-dealkylation sites (tertiary alicyclic amines) is 2. The number of aryl methyl sites for hydroxylation is 2. The minimum Gasteiger partial charge on any atom is -0.494 e. The van der Waals surface area contributed by atoms with Crippen LogP contribution in [0.25, 0.3) is 0 Å². The van der Waals surface area contributed by atoms with Crippen molar-refractivity contribution >= 4 is 11.8 Å². The molecule has 1 atom stereocenters. The molecule has 0 radical (unpaired) electrons. The molecule has 4 rings (SSSR count). The topological polar surface area (TPSA) is 75.6 Å². The van der Waals surface area contributed by atoms with E-state index in [4.69, 9.17) is 4.74 Å². The molecule has 170 valence electrons. The summed E-state index contributed by atoms with van der Waals surface area (Å²) in [5.74, 6) is 1.63. The highest BCUT2D eigenvalue weighted by Gasteiger charge is 2.32. The van der Waals surface area contributed by atoms with E-state index in [-0.39, 0.29) is 17.9 Å². The van der Waals surface area contributed by atoms with Gasteiger partial charge in [0.15, 0.2) is 5.82 Å². The molecule has 2 saturated heterocycles. The molecule has 2 aliphatic heterocycles. The number of hydrogen-bond donors (Lipinski definition) is 0. The number of carbonyl (C=O) groups excluding carboxylic acids is 2. The van der Waals surface area contributed by atoms with E-state index in [9.17, 15) is 9.59 Å². The molecular weight excluding hydrogens is 404 g/mol. The average Bonchev–Trinajstić information content (AvgIpc) is 3.50. The van der Waals surface area contributed by atoms with Gasteiger partial charge in [-0.25, -0.2) is 9.97 Å². The van der Waals surface area contributed by atoms with Gasteiger partial charge >= 0.3 is 0 Å². The van der Waals surface area contributed by atoms with Gasteiger partial charge in [0, 0.05) is 32.3 Å². The third-order valence-corrected chi connectivity index (χ3v) is 6.35. The molecule has 7 nitrogen and oxygen atoms in total. The van der Waals surface area contributed by atoms with Crippen LogP contribution in [0.5, 0.6) is 5.75 Å². The zero-order valence-electron chi connectivity index (χ0n) is 19.0. The van der Waals surface area contributed by atoms with E-state index in [1.807, 2.05) is 47.9 Å². The smallest absolute Gasteiger partial charge is 0.257 e. The molecular formula is C25H32N4O3. The van der Waals surface area contributed by atoms with Gasteiger partial charge in [-0.15, -0.1) is 0 Å². The summed E-state index contributed by atoms with van der Waals surface area (Å²) in [6, 6.07) is 7.81. The molecule has 0 saturated carbocycles. The first-order valence-electron chi connectivity index (χ1n) is 11.7. The van der Waals surface area contributed by atoms with Crippen molar-refractivity contribution in [1.82, 2.24) is 19.8 Å². The molecule has 1 unspecified atom stereocenters. The average molecular weight is 437 g/mol. The predicted octanol–water partition coefficient (Wildman–Crippen LogP) is 3.72. The van der Waals surface area contributed by atoms with Gasteiger partial charge in [-0.3, -0.25) is 9.59 Å². The highest BCUT2D eigenvalue weighted by atomic mass is 16.5. The van der Waals surface area contributed by atoms with Gasteiger partial charge in [0.25, 0.3) is 5.91 Å². The van der Waals surface area contributed by atoms with Gasteiger partial charge in [0.2, 0.25) is 5.91 Å². The zero-order chi connectivity index (χ0) is 22.5. The number of rotatable bonds is 7. The van der Waals surface area contributed by atoms with Crippen molar-refractivity contribution in [3.63, 3.8) is 0 Å². The van der Waals surface area contributed by atoms with Crippen LogP contribution in [0, 0.1) is 6.92 Å². The first-order chi connectivity index (χ1) is 15.6. The number of nitrogens with zero attached hydrogens (tertiary/aromatic N) is 4. The van der Waals surface area contributed by atoms with E-state index in [0.29, 0.717) is 36.5 Å². The number of amides is 2. The van der Waals surface area contributed by atoms with Gasteiger partial charge in [0.05, 0.1) is 23.9 Å². The highest BCUT2D eigenvalue weighted by molar-refractivity contribution is 5.95. The largest absolute Gasteiger partial charge is 0.494 e. The Morgan fingerprint density at radius 3 is 2.53 bits per heavy atom. The lowest BCUT2D eigenvalue weighted by Gasteiger charge is -2.24. The van der Waals surface area contributed by atoms with Crippen molar-refractivity contribution in [2.75, 3.05) is 26.2 Å². The standard InChI is InChI=1S/C25H32N4O3/c1-3-32-20-11-8-19(9-12-20)10-13-23(30)29-16-6-7-22(29)24-26-17-21(18(2)27-24)25(31)28-14-4-5-15-28/h8-9,11-12,17,22H,3-7,10,13-16H2,1-2H3. The molecule has 1 aromatic carbocycles. The van der Waals surface area contributed by atoms with Crippen LogP contribution in [0.2, 0.25) is 0 Å². The lowest BCUT2D eigenvalue weighted by Crippen LogP contribution is -2.32. The maximum atomic E-state index is 13.0. The Bertz CT molecular complexity index is 954. The fourth-order valence-electron chi connectivity index (χ4n) is 4.59. The fourth-order valence-corrected chi connectivity index (χ4v) is 4.59. The number of benzene rings is 1. The molecule has 0 N–H and O–H groups in total. The zero-order valence-corrected chi connectivity index (χ0v) is 19.0. The maximum absolute atomic E-state index is 13.0. The van der Waals surface area contributed by atoms with Crippen molar-refractivity contribution in [2.24, 2.45) is 0 Å². The molecule has 1 aromatic heterocycles.